The monoisotopic (exact) mass is 330 g/mol. The number of hydrogen-bond acceptors (Lipinski definition) is 2. The summed E-state index contributed by atoms with van der Waals surface area (Å²) in [6.45, 7) is 6.94. The highest BCUT2D eigenvalue weighted by molar-refractivity contribution is 6.35. The van der Waals surface area contributed by atoms with Gasteiger partial charge in [0.25, 0.3) is 0 Å². The van der Waals surface area contributed by atoms with Gasteiger partial charge in [0.05, 0.1) is 6.54 Å². The molecule has 0 aromatic heterocycles. The fraction of sp³-hybridized carbons (Fsp3) is 0.562. The van der Waals surface area contributed by atoms with Crippen molar-refractivity contribution >= 4 is 29.1 Å². The largest absolute Gasteiger partial charge is 0.342 e. The fourth-order valence-electron chi connectivity index (χ4n) is 2.16. The van der Waals surface area contributed by atoms with Crippen molar-refractivity contribution in [3.8, 4) is 0 Å². The topological polar surface area (TPSA) is 32.3 Å². The van der Waals surface area contributed by atoms with Crippen molar-refractivity contribution in [2.24, 2.45) is 0 Å². The van der Waals surface area contributed by atoms with Crippen LogP contribution in [0, 0.1) is 0 Å². The lowest BCUT2D eigenvalue weighted by Crippen LogP contribution is -2.39. The number of nitrogens with one attached hydrogen (secondary N) is 1. The van der Waals surface area contributed by atoms with Crippen molar-refractivity contribution in [1.82, 2.24) is 10.2 Å². The van der Waals surface area contributed by atoms with E-state index in [0.29, 0.717) is 16.6 Å². The molecule has 21 heavy (non-hydrogen) atoms. The molecule has 5 heteroatoms. The molecule has 1 aromatic carbocycles. The number of benzene rings is 1. The Morgan fingerprint density at radius 3 is 2.43 bits per heavy atom. The average Bonchev–Trinajstić information content (AvgIpc) is 2.45. The maximum absolute atomic E-state index is 12.1. The Labute approximate surface area is 137 Å². The van der Waals surface area contributed by atoms with Crippen molar-refractivity contribution in [2.45, 2.75) is 33.1 Å². The summed E-state index contributed by atoms with van der Waals surface area (Å²) in [6, 6.07) is 5.50. The van der Waals surface area contributed by atoms with Gasteiger partial charge in [-0.15, -0.1) is 0 Å². The number of hydrogen-bond donors (Lipinski definition) is 1. The summed E-state index contributed by atoms with van der Waals surface area (Å²) in [5, 5.41) is 4.51. The lowest BCUT2D eigenvalue weighted by atomic mass is 10.1. The second kappa shape index (κ2) is 10.0. The predicted octanol–water partition coefficient (Wildman–Crippen LogP) is 3.77. The Kier molecular flexibility index (Phi) is 8.74. The van der Waals surface area contributed by atoms with E-state index in [2.05, 4.69) is 19.2 Å². The first-order valence-corrected chi connectivity index (χ1v) is 8.26. The van der Waals surface area contributed by atoms with Crippen LogP contribution in [0.1, 0.15) is 32.3 Å². The van der Waals surface area contributed by atoms with Gasteiger partial charge in [0.15, 0.2) is 0 Å². The number of carbonyl (C=O) groups excluding carboxylic acids is 1. The number of halogens is 2. The smallest absolute Gasteiger partial charge is 0.236 e. The van der Waals surface area contributed by atoms with E-state index in [1.165, 1.54) is 0 Å². The molecule has 0 heterocycles. The fourth-order valence-corrected chi connectivity index (χ4v) is 2.66. The van der Waals surface area contributed by atoms with Crippen LogP contribution in [0.4, 0.5) is 0 Å². The summed E-state index contributed by atoms with van der Waals surface area (Å²) in [6.07, 6.45) is 2.77. The van der Waals surface area contributed by atoms with Crippen LogP contribution in [-0.4, -0.2) is 37.0 Å². The molecule has 1 amide bonds. The van der Waals surface area contributed by atoms with Crippen LogP contribution in [-0.2, 0) is 11.2 Å². The molecule has 1 N–H and O–H groups in total. The summed E-state index contributed by atoms with van der Waals surface area (Å²) in [5.74, 6) is 0.168. The number of amides is 1. The minimum absolute atomic E-state index is 0.168. The third-order valence-corrected chi connectivity index (χ3v) is 3.79. The highest BCUT2D eigenvalue weighted by Crippen LogP contribution is 2.20. The third kappa shape index (κ3) is 6.68. The third-order valence-electron chi connectivity index (χ3n) is 3.20. The Morgan fingerprint density at radius 2 is 1.86 bits per heavy atom. The molecule has 0 atom stereocenters. The molecule has 3 nitrogen and oxygen atoms in total. The van der Waals surface area contributed by atoms with Crippen LogP contribution in [0.3, 0.4) is 0 Å². The van der Waals surface area contributed by atoms with Gasteiger partial charge in [0.2, 0.25) is 5.91 Å². The average molecular weight is 331 g/mol. The molecular weight excluding hydrogens is 307 g/mol. The van der Waals surface area contributed by atoms with Gasteiger partial charge in [-0.1, -0.05) is 43.1 Å². The lowest BCUT2D eigenvalue weighted by molar-refractivity contribution is -0.130. The molecule has 0 spiro atoms. The summed E-state index contributed by atoms with van der Waals surface area (Å²) < 4.78 is 0. The quantitative estimate of drug-likeness (QED) is 0.699. The van der Waals surface area contributed by atoms with Crippen LogP contribution in [0.5, 0.6) is 0 Å². The standard InChI is InChI=1S/C16H24Cl2N2O/c1-3-9-20(10-4-2)16(21)12-19-8-7-13-5-6-14(17)11-15(13)18/h5-6,11,19H,3-4,7-10,12H2,1-2H3. The zero-order chi connectivity index (χ0) is 15.7. The summed E-state index contributed by atoms with van der Waals surface area (Å²) >= 11 is 12.0. The van der Waals surface area contributed by atoms with E-state index < -0.39 is 0 Å². The molecule has 0 aliphatic heterocycles. The normalized spacial score (nSPS) is 10.7. The first-order valence-electron chi connectivity index (χ1n) is 7.50. The van der Waals surface area contributed by atoms with E-state index >= 15 is 0 Å². The predicted molar refractivity (Wildman–Crippen MR) is 90.2 cm³/mol. The molecule has 0 saturated heterocycles. The van der Waals surface area contributed by atoms with Gasteiger partial charge in [0.1, 0.15) is 0 Å². The van der Waals surface area contributed by atoms with Gasteiger partial charge in [-0.2, -0.15) is 0 Å². The van der Waals surface area contributed by atoms with E-state index in [1.54, 1.807) is 6.07 Å². The van der Waals surface area contributed by atoms with E-state index in [1.807, 2.05) is 17.0 Å². The molecule has 0 saturated carbocycles. The second-order valence-electron chi connectivity index (χ2n) is 5.04. The molecule has 0 unspecified atom stereocenters. The maximum Gasteiger partial charge on any atom is 0.236 e. The van der Waals surface area contributed by atoms with E-state index in [4.69, 9.17) is 23.2 Å². The first-order chi connectivity index (χ1) is 10.1. The summed E-state index contributed by atoms with van der Waals surface area (Å²) in [4.78, 5) is 14.0. The highest BCUT2D eigenvalue weighted by Gasteiger charge is 2.10. The zero-order valence-electron chi connectivity index (χ0n) is 12.8. The lowest BCUT2D eigenvalue weighted by Gasteiger charge is -2.21. The molecule has 0 aliphatic carbocycles. The molecule has 0 aliphatic rings. The zero-order valence-corrected chi connectivity index (χ0v) is 14.3. The van der Waals surface area contributed by atoms with Gasteiger partial charge < -0.3 is 10.2 Å². The van der Waals surface area contributed by atoms with Crippen LogP contribution in [0.15, 0.2) is 18.2 Å². The van der Waals surface area contributed by atoms with Crippen molar-refractivity contribution in [2.75, 3.05) is 26.2 Å². The number of rotatable bonds is 9. The van der Waals surface area contributed by atoms with Gasteiger partial charge in [0, 0.05) is 23.1 Å². The molecule has 0 bridgehead atoms. The molecule has 118 valence electrons. The number of carbonyl (C=O) groups is 1. The Morgan fingerprint density at radius 1 is 1.19 bits per heavy atom. The van der Waals surface area contributed by atoms with Crippen molar-refractivity contribution in [1.29, 1.82) is 0 Å². The second-order valence-corrected chi connectivity index (χ2v) is 5.89. The van der Waals surface area contributed by atoms with Gasteiger partial charge in [-0.25, -0.2) is 0 Å². The minimum Gasteiger partial charge on any atom is -0.342 e. The van der Waals surface area contributed by atoms with E-state index in [9.17, 15) is 4.79 Å². The SMILES string of the molecule is CCCN(CCC)C(=O)CNCCc1ccc(Cl)cc1Cl. The van der Waals surface area contributed by atoms with E-state index in [-0.39, 0.29) is 5.91 Å². The Hall–Kier alpha value is -0.770. The van der Waals surface area contributed by atoms with Crippen molar-refractivity contribution < 1.29 is 4.79 Å². The van der Waals surface area contributed by atoms with Crippen LogP contribution in [0.2, 0.25) is 10.0 Å². The summed E-state index contributed by atoms with van der Waals surface area (Å²) in [7, 11) is 0. The van der Waals surface area contributed by atoms with Gasteiger partial charge in [-0.05, 0) is 43.5 Å². The van der Waals surface area contributed by atoms with Gasteiger partial charge in [-0.3, -0.25) is 4.79 Å². The first kappa shape index (κ1) is 18.3. The van der Waals surface area contributed by atoms with Crippen LogP contribution < -0.4 is 5.32 Å². The molecule has 0 fully saturated rings. The van der Waals surface area contributed by atoms with Crippen LogP contribution >= 0.6 is 23.2 Å². The number of nitrogens with zero attached hydrogens (tertiary/aromatic N) is 1. The van der Waals surface area contributed by atoms with Crippen LogP contribution in [0.25, 0.3) is 0 Å². The van der Waals surface area contributed by atoms with E-state index in [0.717, 1.165) is 44.5 Å². The Balaban J connectivity index is 2.34. The van der Waals surface area contributed by atoms with Crippen molar-refractivity contribution in [3.05, 3.63) is 33.8 Å². The van der Waals surface area contributed by atoms with Crippen molar-refractivity contribution in [3.63, 3.8) is 0 Å². The molecule has 1 rings (SSSR count). The molecular formula is C16H24Cl2N2O. The minimum atomic E-state index is 0.168. The highest BCUT2D eigenvalue weighted by atomic mass is 35.5. The molecule has 0 radical (unpaired) electrons. The molecule has 1 aromatic rings. The maximum atomic E-state index is 12.1. The Bertz CT molecular complexity index is 446. The van der Waals surface area contributed by atoms with Gasteiger partial charge >= 0.3 is 0 Å². The summed E-state index contributed by atoms with van der Waals surface area (Å²) in [5.41, 5.74) is 1.04.